The Balaban J connectivity index is 1.49. The SMILES string of the molecule is Nn1c(SCc2nnc(-c3ccc(Cl)cc3)o2)nnc1-c1ccccc1F. The zero-order valence-electron chi connectivity index (χ0n) is 13.7. The van der Waals surface area contributed by atoms with E-state index in [1.165, 1.54) is 22.5 Å². The standard InChI is InChI=1S/C17H12ClFN6OS/c18-11-7-5-10(6-8-11)16-23-21-14(26-16)9-27-17-24-22-15(25(17)20)12-3-1-2-4-13(12)19/h1-8H,9,20H2. The van der Waals surface area contributed by atoms with Crippen LogP contribution in [-0.4, -0.2) is 25.1 Å². The fourth-order valence-corrected chi connectivity index (χ4v) is 3.17. The second kappa shape index (κ2) is 7.37. The van der Waals surface area contributed by atoms with Gasteiger partial charge >= 0.3 is 0 Å². The van der Waals surface area contributed by atoms with Gasteiger partial charge in [-0.3, -0.25) is 0 Å². The highest BCUT2D eigenvalue weighted by molar-refractivity contribution is 7.98. The summed E-state index contributed by atoms with van der Waals surface area (Å²) in [7, 11) is 0. The van der Waals surface area contributed by atoms with Crippen molar-refractivity contribution in [2.24, 2.45) is 0 Å². The van der Waals surface area contributed by atoms with Crippen molar-refractivity contribution in [2.75, 3.05) is 5.84 Å². The quantitative estimate of drug-likeness (QED) is 0.400. The van der Waals surface area contributed by atoms with Crippen molar-refractivity contribution >= 4 is 23.4 Å². The van der Waals surface area contributed by atoms with Gasteiger partial charge in [-0.05, 0) is 36.4 Å². The van der Waals surface area contributed by atoms with Crippen LogP contribution >= 0.6 is 23.4 Å². The van der Waals surface area contributed by atoms with Gasteiger partial charge in [0, 0.05) is 10.6 Å². The lowest BCUT2D eigenvalue weighted by Crippen LogP contribution is -2.12. The van der Waals surface area contributed by atoms with Crippen LogP contribution in [0.5, 0.6) is 0 Å². The maximum Gasteiger partial charge on any atom is 0.247 e. The molecule has 2 aromatic heterocycles. The van der Waals surface area contributed by atoms with E-state index in [4.69, 9.17) is 21.9 Å². The van der Waals surface area contributed by atoms with E-state index in [1.54, 1.807) is 42.5 Å². The average Bonchev–Trinajstić information content (AvgIpc) is 3.28. The lowest BCUT2D eigenvalue weighted by atomic mass is 10.2. The highest BCUT2D eigenvalue weighted by atomic mass is 35.5. The lowest BCUT2D eigenvalue weighted by molar-refractivity contribution is 0.528. The van der Waals surface area contributed by atoms with Crippen molar-refractivity contribution in [1.29, 1.82) is 0 Å². The second-order valence-corrected chi connectivity index (χ2v) is 6.83. The molecule has 2 heterocycles. The number of nitrogens with zero attached hydrogens (tertiary/aromatic N) is 5. The number of hydrogen-bond donors (Lipinski definition) is 1. The van der Waals surface area contributed by atoms with Crippen LogP contribution in [0.2, 0.25) is 5.02 Å². The Morgan fingerprint density at radius 2 is 1.81 bits per heavy atom. The van der Waals surface area contributed by atoms with Crippen molar-refractivity contribution in [3.05, 3.63) is 65.3 Å². The third-order valence-corrected chi connectivity index (χ3v) is 4.84. The molecule has 0 atom stereocenters. The number of nitrogens with two attached hydrogens (primary N) is 1. The molecule has 0 saturated carbocycles. The average molecular weight is 403 g/mol. The fraction of sp³-hybridized carbons (Fsp3) is 0.0588. The largest absolute Gasteiger partial charge is 0.420 e. The maximum absolute atomic E-state index is 13.9. The molecule has 0 bridgehead atoms. The van der Waals surface area contributed by atoms with Crippen LogP contribution in [0.1, 0.15) is 5.89 Å². The monoisotopic (exact) mass is 402 g/mol. The minimum Gasteiger partial charge on any atom is -0.420 e. The van der Waals surface area contributed by atoms with Gasteiger partial charge in [-0.25, -0.2) is 9.07 Å². The van der Waals surface area contributed by atoms with Crippen molar-refractivity contribution in [2.45, 2.75) is 10.9 Å². The number of hydrogen-bond acceptors (Lipinski definition) is 7. The number of aromatic nitrogens is 5. The molecule has 136 valence electrons. The van der Waals surface area contributed by atoms with E-state index in [2.05, 4.69) is 20.4 Å². The smallest absolute Gasteiger partial charge is 0.247 e. The summed E-state index contributed by atoms with van der Waals surface area (Å²) in [4.78, 5) is 0. The number of benzene rings is 2. The molecule has 2 aromatic carbocycles. The number of halogens is 2. The van der Waals surface area contributed by atoms with Crippen molar-refractivity contribution in [3.63, 3.8) is 0 Å². The molecule has 0 spiro atoms. The Morgan fingerprint density at radius 1 is 1.04 bits per heavy atom. The third kappa shape index (κ3) is 3.64. The molecular formula is C17H12ClFN6OS. The predicted molar refractivity (Wildman–Crippen MR) is 99.9 cm³/mol. The first-order valence-corrected chi connectivity index (χ1v) is 9.14. The molecule has 0 aliphatic heterocycles. The molecule has 4 rings (SSSR count). The van der Waals surface area contributed by atoms with Gasteiger partial charge in [0.15, 0.2) is 5.82 Å². The van der Waals surface area contributed by atoms with Crippen LogP contribution in [0.25, 0.3) is 22.8 Å². The maximum atomic E-state index is 13.9. The van der Waals surface area contributed by atoms with E-state index in [1.807, 2.05) is 0 Å². The molecule has 4 aromatic rings. The predicted octanol–water partition coefficient (Wildman–Crippen LogP) is 3.79. The van der Waals surface area contributed by atoms with Crippen LogP contribution in [-0.2, 0) is 5.75 Å². The summed E-state index contributed by atoms with van der Waals surface area (Å²) < 4.78 is 20.8. The van der Waals surface area contributed by atoms with Crippen LogP contribution in [0, 0.1) is 5.82 Å². The first kappa shape index (κ1) is 17.5. The Kier molecular flexibility index (Phi) is 4.78. The molecule has 0 radical (unpaired) electrons. The van der Waals surface area contributed by atoms with Crippen LogP contribution in [0.15, 0.2) is 58.1 Å². The zero-order chi connectivity index (χ0) is 18.8. The topological polar surface area (TPSA) is 95.7 Å². The number of nitrogen functional groups attached to an aromatic ring is 1. The molecule has 0 fully saturated rings. The highest BCUT2D eigenvalue weighted by Gasteiger charge is 2.16. The second-order valence-electron chi connectivity index (χ2n) is 5.45. The van der Waals surface area contributed by atoms with Gasteiger partial charge in [-0.15, -0.1) is 20.4 Å². The molecular weight excluding hydrogens is 391 g/mol. The number of thioether (sulfide) groups is 1. The van der Waals surface area contributed by atoms with Crippen LogP contribution in [0.4, 0.5) is 4.39 Å². The highest BCUT2D eigenvalue weighted by Crippen LogP contribution is 2.27. The van der Waals surface area contributed by atoms with E-state index < -0.39 is 5.82 Å². The van der Waals surface area contributed by atoms with Gasteiger partial charge in [-0.2, -0.15) is 0 Å². The summed E-state index contributed by atoms with van der Waals surface area (Å²) in [5.74, 6) is 6.96. The molecule has 0 amide bonds. The van der Waals surface area contributed by atoms with Crippen molar-refractivity contribution in [1.82, 2.24) is 25.1 Å². The zero-order valence-corrected chi connectivity index (χ0v) is 15.3. The first-order valence-electron chi connectivity index (χ1n) is 7.78. The van der Waals surface area contributed by atoms with Gasteiger partial charge < -0.3 is 10.3 Å². The van der Waals surface area contributed by atoms with Gasteiger partial charge in [0.1, 0.15) is 5.82 Å². The fourth-order valence-electron chi connectivity index (χ4n) is 2.35. The molecule has 0 aliphatic rings. The first-order chi connectivity index (χ1) is 13.1. The van der Waals surface area contributed by atoms with Crippen LogP contribution < -0.4 is 5.84 Å². The minimum absolute atomic E-state index is 0.239. The molecule has 27 heavy (non-hydrogen) atoms. The van der Waals surface area contributed by atoms with Gasteiger partial charge in [-0.1, -0.05) is 35.5 Å². The van der Waals surface area contributed by atoms with E-state index >= 15 is 0 Å². The summed E-state index contributed by atoms with van der Waals surface area (Å²) in [5.41, 5.74) is 1.05. The summed E-state index contributed by atoms with van der Waals surface area (Å²) >= 11 is 7.13. The molecule has 0 aliphatic carbocycles. The van der Waals surface area contributed by atoms with Gasteiger partial charge in [0.25, 0.3) is 0 Å². The van der Waals surface area contributed by atoms with Crippen LogP contribution in [0.3, 0.4) is 0 Å². The Morgan fingerprint density at radius 3 is 2.59 bits per heavy atom. The molecule has 7 nitrogen and oxygen atoms in total. The molecule has 0 unspecified atom stereocenters. The Bertz CT molecular complexity index is 1080. The lowest BCUT2D eigenvalue weighted by Gasteiger charge is -2.03. The summed E-state index contributed by atoms with van der Waals surface area (Å²) in [5, 5.41) is 17.0. The number of rotatable bonds is 5. The summed E-state index contributed by atoms with van der Waals surface area (Å²) in [6.45, 7) is 0. The van der Waals surface area contributed by atoms with E-state index in [9.17, 15) is 4.39 Å². The van der Waals surface area contributed by atoms with Gasteiger partial charge in [0.2, 0.25) is 16.9 Å². The summed E-state index contributed by atoms with van der Waals surface area (Å²) in [6.07, 6.45) is 0. The van der Waals surface area contributed by atoms with Crippen molar-refractivity contribution in [3.8, 4) is 22.8 Å². The molecule has 10 heteroatoms. The van der Waals surface area contributed by atoms with Gasteiger partial charge in [0.05, 0.1) is 11.3 Å². The molecule has 0 saturated heterocycles. The van der Waals surface area contributed by atoms with E-state index in [-0.39, 0.29) is 11.4 Å². The Hall–Kier alpha value is -2.91. The van der Waals surface area contributed by atoms with Crippen molar-refractivity contribution < 1.29 is 8.81 Å². The molecule has 2 N–H and O–H groups in total. The Labute approximate surface area is 162 Å². The van der Waals surface area contributed by atoms with E-state index in [0.717, 1.165) is 5.56 Å². The van der Waals surface area contributed by atoms with E-state index in [0.29, 0.717) is 27.7 Å². The normalized spacial score (nSPS) is 11.0. The summed E-state index contributed by atoms with van der Waals surface area (Å²) in [6, 6.07) is 13.3. The third-order valence-electron chi connectivity index (χ3n) is 3.66. The minimum atomic E-state index is -0.419.